The fourth-order valence-electron chi connectivity index (χ4n) is 7.74. The van der Waals surface area contributed by atoms with E-state index in [1.54, 1.807) is 12.1 Å². The van der Waals surface area contributed by atoms with Crippen LogP contribution in [0.25, 0.3) is 55.2 Å². The van der Waals surface area contributed by atoms with Crippen molar-refractivity contribution in [3.05, 3.63) is 197 Å². The van der Waals surface area contributed by atoms with Crippen LogP contribution in [0.4, 0.5) is 17.1 Å². The van der Waals surface area contributed by atoms with E-state index in [1.807, 2.05) is 121 Å². The van der Waals surface area contributed by atoms with Crippen LogP contribution >= 0.6 is 11.7 Å². The summed E-state index contributed by atoms with van der Waals surface area (Å²) in [6.07, 6.45) is 0. The van der Waals surface area contributed by atoms with Crippen LogP contribution in [0.1, 0.15) is 11.1 Å². The summed E-state index contributed by atoms with van der Waals surface area (Å²) in [5.74, 6) is 0. The van der Waals surface area contributed by atoms with Gasteiger partial charge in [0.05, 0.1) is 28.4 Å². The van der Waals surface area contributed by atoms with Gasteiger partial charge in [0.2, 0.25) is 0 Å². The fraction of sp³-hybridized carbons (Fsp3) is 0. The number of anilines is 3. The first kappa shape index (κ1) is 36.1. The molecule has 0 saturated carbocycles. The van der Waals surface area contributed by atoms with Gasteiger partial charge in [-0.05, 0) is 77.0 Å². The van der Waals surface area contributed by atoms with Crippen molar-refractivity contribution < 1.29 is 0 Å². The van der Waals surface area contributed by atoms with Gasteiger partial charge in [0.25, 0.3) is 0 Å². The molecule has 2 aromatic heterocycles. The van der Waals surface area contributed by atoms with Crippen molar-refractivity contribution in [1.82, 2.24) is 13.3 Å². The largest absolute Gasteiger partial charge is 0.311 e. The zero-order valence-electron chi connectivity index (χ0n) is 31.2. The van der Waals surface area contributed by atoms with E-state index in [1.165, 1.54) is 0 Å². The maximum atomic E-state index is 10.7. The van der Waals surface area contributed by atoms with Crippen LogP contribution in [0.5, 0.6) is 0 Å². The molecule has 0 spiro atoms. The highest BCUT2D eigenvalue weighted by Gasteiger charge is 2.24. The van der Waals surface area contributed by atoms with Crippen molar-refractivity contribution in [1.29, 1.82) is 21.0 Å². The van der Waals surface area contributed by atoms with Crippen molar-refractivity contribution in [3.63, 3.8) is 0 Å². The van der Waals surface area contributed by atoms with E-state index in [0.717, 1.165) is 61.8 Å². The van der Waals surface area contributed by atoms with Crippen molar-refractivity contribution >= 4 is 78.3 Å². The lowest BCUT2D eigenvalue weighted by molar-refractivity contribution is 1.19. The zero-order valence-corrected chi connectivity index (χ0v) is 32.0. The van der Waals surface area contributed by atoms with Crippen molar-refractivity contribution in [2.75, 3.05) is 4.90 Å². The first-order valence-electron chi connectivity index (χ1n) is 18.6. The predicted octanol–water partition coefficient (Wildman–Crippen LogP) is 10.2. The number of para-hydroxylation sites is 4. The monoisotopic (exact) mass is 772 g/mol. The lowest BCUT2D eigenvalue weighted by atomic mass is 9.86. The van der Waals surface area contributed by atoms with E-state index in [-0.39, 0.29) is 11.1 Å². The summed E-state index contributed by atoms with van der Waals surface area (Å²) in [6.45, 7) is 0. The Morgan fingerprint density at radius 2 is 1.00 bits per heavy atom. The van der Waals surface area contributed by atoms with Gasteiger partial charge in [-0.3, -0.25) is 0 Å². The molecule has 9 heteroatoms. The SMILES string of the molecule is N#CC(C#N)=C(C(c1ccc(N(c2ccccc2)c2ccccc2)cc1)=c1ccc(=C(C#N)C#N)cc1)c1ccc(-n2c3ccccc3c3ccccc32)c2nsnc12. The minimum absolute atomic E-state index is 0.0224. The maximum absolute atomic E-state index is 10.7. The summed E-state index contributed by atoms with van der Waals surface area (Å²) < 4.78 is 11.8. The molecule has 0 N–H and O–H groups in total. The average molecular weight is 773 g/mol. The van der Waals surface area contributed by atoms with Gasteiger partial charge in [0.1, 0.15) is 46.5 Å². The summed E-state index contributed by atoms with van der Waals surface area (Å²) in [4.78, 5) is 2.16. The van der Waals surface area contributed by atoms with Gasteiger partial charge in [0, 0.05) is 44.2 Å². The molecule has 9 aromatic rings. The molecule has 0 unspecified atom stereocenters. The summed E-state index contributed by atoms with van der Waals surface area (Å²) >= 11 is 1.07. The van der Waals surface area contributed by atoms with Gasteiger partial charge >= 0.3 is 0 Å². The van der Waals surface area contributed by atoms with E-state index < -0.39 is 0 Å². The lowest BCUT2D eigenvalue weighted by Gasteiger charge is -2.26. The number of nitriles is 4. The Balaban J connectivity index is 1.30. The van der Waals surface area contributed by atoms with Crippen LogP contribution in [-0.2, 0) is 0 Å². The highest BCUT2D eigenvalue weighted by Crippen LogP contribution is 2.41. The smallest absolute Gasteiger partial charge is 0.138 e. The standard InChI is InChI=1S/C50H28N8S/c51-29-36(30-52)33-19-21-34(22-20-33)47(35-23-25-40(26-24-35)57(38-11-3-1-4-12-38)39-13-5-2-6-14-39)48(37(31-53)32-54)43-27-28-46(50-49(43)55-59-56-50)58-44-17-9-7-15-41(44)42-16-8-10-18-45(42)58/h1-28H. The van der Waals surface area contributed by atoms with Crippen molar-refractivity contribution in [2.24, 2.45) is 0 Å². The van der Waals surface area contributed by atoms with E-state index in [9.17, 15) is 21.0 Å². The highest BCUT2D eigenvalue weighted by molar-refractivity contribution is 7.00. The highest BCUT2D eigenvalue weighted by atomic mass is 32.1. The third-order valence-corrected chi connectivity index (χ3v) is 10.9. The number of rotatable bonds is 7. The normalized spacial score (nSPS) is 10.6. The van der Waals surface area contributed by atoms with Crippen LogP contribution in [0.3, 0.4) is 0 Å². The predicted molar refractivity (Wildman–Crippen MR) is 234 cm³/mol. The summed E-state index contributed by atoms with van der Waals surface area (Å²) in [5, 5.41) is 43.9. The Bertz CT molecular complexity index is 3280. The second kappa shape index (κ2) is 15.5. The molecule has 8 nitrogen and oxygen atoms in total. The Hall–Kier alpha value is -8.60. The van der Waals surface area contributed by atoms with Crippen LogP contribution < -0.4 is 15.3 Å². The van der Waals surface area contributed by atoms with E-state index in [0.29, 0.717) is 38.2 Å². The Morgan fingerprint density at radius 1 is 0.492 bits per heavy atom. The zero-order chi connectivity index (χ0) is 40.3. The number of hydrogen-bond acceptors (Lipinski definition) is 8. The fourth-order valence-corrected chi connectivity index (χ4v) is 8.31. The number of allylic oxidation sites excluding steroid dienone is 2. The second-order valence-electron chi connectivity index (χ2n) is 13.5. The molecule has 274 valence electrons. The van der Waals surface area contributed by atoms with E-state index in [2.05, 4.69) is 70.1 Å². The number of benzene rings is 7. The summed E-state index contributed by atoms with van der Waals surface area (Å²) in [7, 11) is 0. The minimum atomic E-state index is -0.108. The molecule has 0 saturated heterocycles. The van der Waals surface area contributed by atoms with Gasteiger partial charge in [-0.25, -0.2) is 0 Å². The van der Waals surface area contributed by atoms with Gasteiger partial charge in [-0.1, -0.05) is 109 Å². The van der Waals surface area contributed by atoms with Crippen LogP contribution in [-0.4, -0.2) is 13.3 Å². The molecule has 0 aliphatic rings. The molecule has 0 aliphatic heterocycles. The van der Waals surface area contributed by atoms with Crippen molar-refractivity contribution in [2.45, 2.75) is 0 Å². The molecule has 0 amide bonds. The topological polar surface area (TPSA) is 129 Å². The third-order valence-electron chi connectivity index (χ3n) is 10.3. The second-order valence-corrected chi connectivity index (χ2v) is 14.1. The van der Waals surface area contributed by atoms with E-state index in [4.69, 9.17) is 8.75 Å². The number of aromatic nitrogens is 3. The first-order valence-corrected chi connectivity index (χ1v) is 19.3. The Morgan fingerprint density at radius 3 is 1.56 bits per heavy atom. The van der Waals surface area contributed by atoms with E-state index >= 15 is 0 Å². The molecule has 0 aliphatic carbocycles. The number of hydrogen-bond donors (Lipinski definition) is 0. The van der Waals surface area contributed by atoms with Gasteiger partial charge in [0.15, 0.2) is 0 Å². The lowest BCUT2D eigenvalue weighted by Crippen LogP contribution is -2.15. The van der Waals surface area contributed by atoms with Gasteiger partial charge in [-0.2, -0.15) is 29.8 Å². The molecule has 0 atom stereocenters. The summed E-state index contributed by atoms with van der Waals surface area (Å²) in [5.41, 5.74) is 9.02. The number of fused-ring (bicyclic) bond motifs is 4. The Labute approximate surface area is 343 Å². The van der Waals surface area contributed by atoms with Crippen LogP contribution in [0.2, 0.25) is 0 Å². The molecule has 0 fully saturated rings. The number of nitrogens with zero attached hydrogens (tertiary/aromatic N) is 8. The van der Waals surface area contributed by atoms with Crippen LogP contribution in [0.15, 0.2) is 175 Å². The van der Waals surface area contributed by atoms with Gasteiger partial charge < -0.3 is 9.47 Å². The molecule has 2 heterocycles. The molecule has 59 heavy (non-hydrogen) atoms. The molecule has 9 rings (SSSR count). The van der Waals surface area contributed by atoms with Gasteiger partial charge in [-0.15, -0.1) is 0 Å². The molecule has 7 aromatic carbocycles. The first-order chi connectivity index (χ1) is 29.1. The molecular weight excluding hydrogens is 745 g/mol. The quantitative estimate of drug-likeness (QED) is 0.147. The molecule has 0 bridgehead atoms. The molecular formula is C50H28N8S. The van der Waals surface area contributed by atoms with Crippen molar-refractivity contribution in [3.8, 4) is 30.0 Å². The average Bonchev–Trinajstić information content (AvgIpc) is 3.93. The summed E-state index contributed by atoms with van der Waals surface area (Å²) in [6, 6.07) is 63.9. The minimum Gasteiger partial charge on any atom is -0.311 e. The Kier molecular flexibility index (Phi) is 9.48. The third kappa shape index (κ3) is 6.33. The van der Waals surface area contributed by atoms with Crippen LogP contribution in [0, 0.1) is 45.3 Å². The molecule has 0 radical (unpaired) electrons. The maximum Gasteiger partial charge on any atom is 0.138 e.